The minimum absolute atomic E-state index is 0.0500. The van der Waals surface area contributed by atoms with Crippen molar-refractivity contribution in [1.82, 2.24) is 5.32 Å². The molecule has 2 aromatic rings. The molecule has 0 bridgehead atoms. The Labute approximate surface area is 212 Å². The number of aliphatic hydroxyl groups excluding tert-OH is 2. The number of halogens is 3. The van der Waals surface area contributed by atoms with Gasteiger partial charge in [-0.1, -0.05) is 30.3 Å². The molecule has 1 unspecified atom stereocenters. The van der Waals surface area contributed by atoms with E-state index in [2.05, 4.69) is 11.4 Å². The number of amides is 1. The van der Waals surface area contributed by atoms with E-state index in [1.54, 1.807) is 24.3 Å². The van der Waals surface area contributed by atoms with E-state index in [1.165, 1.54) is 12.1 Å². The van der Waals surface area contributed by atoms with Crippen LogP contribution in [0.4, 0.5) is 13.2 Å². The molecule has 1 amide bonds. The summed E-state index contributed by atoms with van der Waals surface area (Å²) in [5.41, 5.74) is -1.29. The van der Waals surface area contributed by atoms with Crippen LogP contribution in [-0.4, -0.2) is 46.6 Å². The smallest absolute Gasteiger partial charge is 0.390 e. The zero-order valence-electron chi connectivity index (χ0n) is 20.1. The molecule has 4 rings (SSSR count). The number of nitrogens with one attached hydrogen (secondary N) is 1. The zero-order chi connectivity index (χ0) is 26.6. The van der Waals surface area contributed by atoms with Crippen LogP contribution in [-0.2, 0) is 33.7 Å². The second kappa shape index (κ2) is 11.2. The first kappa shape index (κ1) is 27.1. The molecule has 0 aromatic heterocycles. The third-order valence-electron chi connectivity index (χ3n) is 6.87. The van der Waals surface area contributed by atoms with Gasteiger partial charge in [0.1, 0.15) is 6.10 Å². The Morgan fingerprint density at radius 3 is 2.57 bits per heavy atom. The fourth-order valence-corrected chi connectivity index (χ4v) is 4.49. The second-order valence-electron chi connectivity index (χ2n) is 9.72. The summed E-state index contributed by atoms with van der Waals surface area (Å²) in [7, 11) is 0. The summed E-state index contributed by atoms with van der Waals surface area (Å²) in [6.45, 7) is 0.0619. The number of carbonyl (C=O) groups is 1. The summed E-state index contributed by atoms with van der Waals surface area (Å²) >= 11 is 0. The van der Waals surface area contributed by atoms with Crippen molar-refractivity contribution >= 4 is 5.91 Å². The van der Waals surface area contributed by atoms with E-state index in [1.807, 2.05) is 0 Å². The number of aliphatic hydroxyl groups is 2. The predicted octanol–water partition coefficient (Wildman–Crippen LogP) is 3.46. The van der Waals surface area contributed by atoms with Gasteiger partial charge in [-0.15, -0.1) is 0 Å². The first-order chi connectivity index (χ1) is 17.6. The molecule has 0 radical (unpaired) electrons. The van der Waals surface area contributed by atoms with Crippen molar-refractivity contribution in [3.8, 4) is 6.07 Å². The van der Waals surface area contributed by atoms with Crippen molar-refractivity contribution in [3.63, 3.8) is 0 Å². The summed E-state index contributed by atoms with van der Waals surface area (Å²) in [5.74, 6) is -0.151. The predicted molar refractivity (Wildman–Crippen MR) is 126 cm³/mol. The summed E-state index contributed by atoms with van der Waals surface area (Å²) in [5, 5.41) is 33.5. The number of nitriles is 1. The van der Waals surface area contributed by atoms with Crippen molar-refractivity contribution in [2.75, 3.05) is 6.54 Å². The molecule has 2 fully saturated rings. The van der Waals surface area contributed by atoms with E-state index in [-0.39, 0.29) is 31.6 Å². The lowest BCUT2D eigenvalue weighted by Crippen LogP contribution is -2.60. The SMILES string of the molecule is N#Cc1ccccc1COC1C[C@](OCc2cccc(C(F)(F)F)c2)(C(=O)NCC2CC2)C[C@@H](O)[C@H]1O. The molecule has 0 heterocycles. The Morgan fingerprint density at radius 2 is 1.86 bits per heavy atom. The highest BCUT2D eigenvalue weighted by Crippen LogP contribution is 2.37. The monoisotopic (exact) mass is 518 g/mol. The van der Waals surface area contributed by atoms with Crippen LogP contribution in [0.5, 0.6) is 0 Å². The second-order valence-corrected chi connectivity index (χ2v) is 9.72. The van der Waals surface area contributed by atoms with Crippen LogP contribution < -0.4 is 5.32 Å². The first-order valence-corrected chi connectivity index (χ1v) is 12.2. The third-order valence-corrected chi connectivity index (χ3v) is 6.87. The van der Waals surface area contributed by atoms with Crippen LogP contribution in [0, 0.1) is 17.2 Å². The highest BCUT2D eigenvalue weighted by atomic mass is 19.4. The van der Waals surface area contributed by atoms with Gasteiger partial charge in [0.05, 0.1) is 42.6 Å². The van der Waals surface area contributed by atoms with E-state index in [0.29, 0.717) is 23.6 Å². The maximum atomic E-state index is 13.4. The molecule has 7 nitrogen and oxygen atoms in total. The van der Waals surface area contributed by atoms with Crippen LogP contribution in [0.25, 0.3) is 0 Å². The summed E-state index contributed by atoms with van der Waals surface area (Å²) < 4.78 is 51.4. The number of hydrogen-bond acceptors (Lipinski definition) is 6. The molecule has 4 atom stereocenters. The lowest BCUT2D eigenvalue weighted by atomic mass is 9.78. The minimum Gasteiger partial charge on any atom is -0.390 e. The van der Waals surface area contributed by atoms with Crippen LogP contribution >= 0.6 is 0 Å². The number of hydrogen-bond donors (Lipinski definition) is 3. The maximum Gasteiger partial charge on any atom is 0.416 e. The number of nitrogens with zero attached hydrogens (tertiary/aromatic N) is 1. The van der Waals surface area contributed by atoms with Gasteiger partial charge in [-0.25, -0.2) is 0 Å². The van der Waals surface area contributed by atoms with Gasteiger partial charge in [-0.3, -0.25) is 4.79 Å². The Balaban J connectivity index is 1.54. The molecule has 0 aliphatic heterocycles. The van der Waals surface area contributed by atoms with E-state index < -0.39 is 41.6 Å². The highest BCUT2D eigenvalue weighted by molar-refractivity contribution is 5.85. The van der Waals surface area contributed by atoms with Crippen LogP contribution in [0.1, 0.15) is 47.9 Å². The molecule has 0 saturated heterocycles. The summed E-state index contributed by atoms with van der Waals surface area (Å²) in [6.07, 6.45) is -6.65. The molecule has 2 saturated carbocycles. The van der Waals surface area contributed by atoms with Crippen LogP contribution in [0.15, 0.2) is 48.5 Å². The van der Waals surface area contributed by atoms with Crippen LogP contribution in [0.3, 0.4) is 0 Å². The molecular weight excluding hydrogens is 489 g/mol. The molecule has 37 heavy (non-hydrogen) atoms. The van der Waals surface area contributed by atoms with E-state index in [9.17, 15) is 33.4 Å². The number of benzene rings is 2. The van der Waals surface area contributed by atoms with E-state index >= 15 is 0 Å². The van der Waals surface area contributed by atoms with Gasteiger partial charge in [0.15, 0.2) is 5.60 Å². The van der Waals surface area contributed by atoms with Crippen molar-refractivity contribution < 1.29 is 37.7 Å². The Kier molecular flexibility index (Phi) is 8.19. The zero-order valence-corrected chi connectivity index (χ0v) is 20.1. The number of ether oxygens (including phenoxy) is 2. The molecule has 198 valence electrons. The van der Waals surface area contributed by atoms with Gasteiger partial charge in [0.2, 0.25) is 0 Å². The average molecular weight is 519 g/mol. The van der Waals surface area contributed by atoms with Crippen molar-refractivity contribution in [2.24, 2.45) is 5.92 Å². The molecule has 2 aliphatic rings. The van der Waals surface area contributed by atoms with E-state index in [4.69, 9.17) is 9.47 Å². The van der Waals surface area contributed by atoms with Gasteiger partial charge in [-0.2, -0.15) is 18.4 Å². The average Bonchev–Trinajstić information content (AvgIpc) is 3.71. The first-order valence-electron chi connectivity index (χ1n) is 12.2. The number of alkyl halides is 3. The topological polar surface area (TPSA) is 112 Å². The van der Waals surface area contributed by atoms with Gasteiger partial charge >= 0.3 is 6.18 Å². The quantitative estimate of drug-likeness (QED) is 0.469. The van der Waals surface area contributed by atoms with Gasteiger partial charge < -0.3 is 25.0 Å². The van der Waals surface area contributed by atoms with Gasteiger partial charge in [0, 0.05) is 19.4 Å². The van der Waals surface area contributed by atoms with Gasteiger partial charge in [-0.05, 0) is 48.1 Å². The van der Waals surface area contributed by atoms with E-state index in [0.717, 1.165) is 25.0 Å². The van der Waals surface area contributed by atoms with Gasteiger partial charge in [0.25, 0.3) is 5.91 Å². The molecule has 0 spiro atoms. The Morgan fingerprint density at radius 1 is 1.11 bits per heavy atom. The summed E-state index contributed by atoms with van der Waals surface area (Å²) in [6, 6.07) is 13.5. The fraction of sp³-hybridized carbons (Fsp3) is 0.481. The normalized spacial score (nSPS) is 25.9. The molecule has 2 aromatic carbocycles. The minimum atomic E-state index is -4.53. The molecule has 10 heteroatoms. The third kappa shape index (κ3) is 6.67. The Hall–Kier alpha value is -2.97. The standard InChI is InChI=1S/C27H29F3N2O5/c28-27(29,30)21-7-3-4-18(10-21)15-37-26(25(35)32-14-17-8-9-17)11-22(33)24(34)23(12-26)36-16-20-6-2-1-5-19(20)13-31/h1-7,10,17,22-24,33-34H,8-9,11-12,14-16H2,(H,32,35)/t22-,23?,24-,26+/m1/s1. The van der Waals surface area contributed by atoms with Crippen LogP contribution in [0.2, 0.25) is 0 Å². The van der Waals surface area contributed by atoms with Crippen molar-refractivity contribution in [2.45, 2.75) is 69.0 Å². The number of rotatable bonds is 9. The lowest BCUT2D eigenvalue weighted by molar-refractivity contribution is -0.200. The molecular formula is C27H29F3N2O5. The molecule has 2 aliphatic carbocycles. The number of carbonyl (C=O) groups excluding carboxylic acids is 1. The maximum absolute atomic E-state index is 13.4. The Bertz CT molecular complexity index is 1150. The molecule has 3 N–H and O–H groups in total. The lowest BCUT2D eigenvalue weighted by Gasteiger charge is -2.44. The largest absolute Gasteiger partial charge is 0.416 e. The van der Waals surface area contributed by atoms with Crippen molar-refractivity contribution in [3.05, 3.63) is 70.8 Å². The summed E-state index contributed by atoms with van der Waals surface area (Å²) in [4.78, 5) is 13.4. The van der Waals surface area contributed by atoms with Crippen molar-refractivity contribution in [1.29, 1.82) is 5.26 Å². The fourth-order valence-electron chi connectivity index (χ4n) is 4.49. The highest BCUT2D eigenvalue weighted by Gasteiger charge is 2.51.